The highest BCUT2D eigenvalue weighted by Crippen LogP contribution is 2.56. The van der Waals surface area contributed by atoms with E-state index in [-0.39, 0.29) is 61.5 Å². The summed E-state index contributed by atoms with van der Waals surface area (Å²) in [6.07, 6.45) is -4.27. The molecule has 17 heteroatoms. The van der Waals surface area contributed by atoms with Gasteiger partial charge in [-0.1, -0.05) is 71.9 Å². The molecule has 4 aliphatic rings. The van der Waals surface area contributed by atoms with E-state index in [0.29, 0.717) is 16.7 Å². The molecule has 384 valence electrons. The van der Waals surface area contributed by atoms with Crippen molar-refractivity contribution < 1.29 is 42.2 Å². The van der Waals surface area contributed by atoms with Crippen molar-refractivity contribution in [3.63, 3.8) is 0 Å². The monoisotopic (exact) mass is 1000 g/mol. The first-order valence-corrected chi connectivity index (χ1v) is 24.9. The van der Waals surface area contributed by atoms with Gasteiger partial charge in [-0.3, -0.25) is 24.1 Å². The van der Waals surface area contributed by atoms with Gasteiger partial charge < -0.3 is 35.2 Å². The topological polar surface area (TPSA) is 182 Å². The molecule has 1 aliphatic carbocycles. The fourth-order valence-corrected chi connectivity index (χ4v) is 11.6. The molecular formula is C56H63F3N8O6. The van der Waals surface area contributed by atoms with Crippen LogP contribution in [0, 0.1) is 39.4 Å². The molecule has 3 fully saturated rings. The summed E-state index contributed by atoms with van der Waals surface area (Å²) in [7, 11) is 0. The van der Waals surface area contributed by atoms with E-state index in [9.17, 15) is 42.7 Å². The molecule has 8 rings (SSSR count). The Morgan fingerprint density at radius 2 is 1.55 bits per heavy atom. The van der Waals surface area contributed by atoms with Crippen molar-refractivity contribution in [3.8, 4) is 17.9 Å². The highest BCUT2D eigenvalue weighted by molar-refractivity contribution is 6.02. The summed E-state index contributed by atoms with van der Waals surface area (Å²) in [5.74, 6) is -1.50. The summed E-state index contributed by atoms with van der Waals surface area (Å²) in [6.45, 7) is 16.0. The van der Waals surface area contributed by atoms with Crippen molar-refractivity contribution in [2.24, 2.45) is 16.7 Å². The molecule has 0 radical (unpaired) electrons. The number of anilines is 1. The van der Waals surface area contributed by atoms with Crippen molar-refractivity contribution >= 4 is 29.3 Å². The molecule has 3 aliphatic heterocycles. The van der Waals surface area contributed by atoms with Crippen molar-refractivity contribution in [1.29, 1.82) is 10.5 Å². The molecule has 73 heavy (non-hydrogen) atoms. The molecular weight excluding hydrogens is 938 g/mol. The third kappa shape index (κ3) is 10.9. The lowest BCUT2D eigenvalue weighted by molar-refractivity contribution is -0.164. The quantitative estimate of drug-likeness (QED) is 0.111. The molecule has 4 amide bonds. The van der Waals surface area contributed by atoms with Crippen LogP contribution in [0.25, 0.3) is 0 Å². The number of nitriles is 2. The third-order valence-corrected chi connectivity index (χ3v) is 15.2. The van der Waals surface area contributed by atoms with E-state index in [1.807, 2.05) is 84.0 Å². The minimum absolute atomic E-state index is 0.00954. The Hall–Kier alpha value is -6.95. The third-order valence-electron chi connectivity index (χ3n) is 15.2. The number of aryl methyl sites for hydroxylation is 1. The van der Waals surface area contributed by atoms with Crippen LogP contribution >= 0.6 is 0 Å². The number of nitrogens with zero attached hydrogens (tertiary/aromatic N) is 6. The smallest absolute Gasteiger partial charge is 0.417 e. The normalized spacial score (nSPS) is 21.7. The number of carbonyl (C=O) groups excluding carboxylic acids is 4. The number of likely N-dealkylation sites (tertiary alicyclic amines) is 1. The van der Waals surface area contributed by atoms with E-state index in [1.165, 1.54) is 11.0 Å². The Bertz CT molecular complexity index is 2800. The summed E-state index contributed by atoms with van der Waals surface area (Å²) in [4.78, 5) is 63.2. The summed E-state index contributed by atoms with van der Waals surface area (Å²) < 4.78 is 47.0. The fourth-order valence-electron chi connectivity index (χ4n) is 11.6. The molecule has 3 heterocycles. The predicted molar refractivity (Wildman–Crippen MR) is 267 cm³/mol. The summed E-state index contributed by atoms with van der Waals surface area (Å²) in [5, 5.41) is 35.0. The van der Waals surface area contributed by atoms with Gasteiger partial charge in [-0.05, 0) is 96.6 Å². The number of alkyl halides is 3. The van der Waals surface area contributed by atoms with Crippen molar-refractivity contribution in [1.82, 2.24) is 25.3 Å². The van der Waals surface area contributed by atoms with E-state index in [1.54, 1.807) is 35.2 Å². The number of hydrogen-bond acceptors (Lipinski definition) is 10. The SMILES string of the molecule is CC(C)[C@H](C(=O)N1C[C@H](O)C[C@H]1C(=O)NCc1ccc(C#N)cc1)N1Cc2ccc(N3CCN(CCCc4ccc(C(=O)NC5C(C)(C)C(Oc6ccc(C#N)c(C(F)(F)F)c6)C5(C)C)cc4)CC3)cc2C1=O. The van der Waals surface area contributed by atoms with Gasteiger partial charge in [0.1, 0.15) is 23.9 Å². The number of aliphatic hydroxyl groups is 1. The lowest BCUT2D eigenvalue weighted by Gasteiger charge is -2.63. The number of halogens is 3. The highest BCUT2D eigenvalue weighted by Gasteiger charge is 2.64. The maximum absolute atomic E-state index is 14.3. The van der Waals surface area contributed by atoms with Gasteiger partial charge in [0.2, 0.25) is 11.8 Å². The van der Waals surface area contributed by atoms with Crippen LogP contribution in [0.5, 0.6) is 5.75 Å². The molecule has 0 unspecified atom stereocenters. The maximum Gasteiger partial charge on any atom is 0.417 e. The zero-order valence-electron chi connectivity index (χ0n) is 42.1. The number of aliphatic hydroxyl groups excluding tert-OH is 1. The maximum atomic E-state index is 14.3. The standard InChI is InChI=1S/C56H63F3N8O6/c1-34(2)47(51(72)66-33-42(68)27-46(66)49(70)62-31-37-11-9-36(29-60)10-12-37)67-32-40-17-19-41(26-44(40)50(67)71)65-24-22-64(23-25-65)21-7-8-35-13-15-38(16-14-35)48(69)63-52-54(3,4)53(55(52,5)6)73-43-20-18-39(30-61)45(28-43)56(57,58)59/h9-20,26,28,34,42,46-47,52-53,68H,7-8,21-25,27,31-33H2,1-6H3,(H,62,70)(H,63,69)/t42-,46+,47-,52?,53?/m1/s1. The average molecular weight is 1000 g/mol. The number of benzene rings is 4. The van der Waals surface area contributed by atoms with Crippen LogP contribution < -0.4 is 20.3 Å². The minimum atomic E-state index is -4.71. The van der Waals surface area contributed by atoms with Gasteiger partial charge in [-0.2, -0.15) is 23.7 Å². The molecule has 3 atom stereocenters. The van der Waals surface area contributed by atoms with Crippen LogP contribution in [0.3, 0.4) is 0 Å². The zero-order valence-corrected chi connectivity index (χ0v) is 42.1. The van der Waals surface area contributed by atoms with Gasteiger partial charge in [0.05, 0.1) is 34.9 Å². The van der Waals surface area contributed by atoms with Crippen LogP contribution in [0.1, 0.15) is 108 Å². The molecule has 4 aromatic carbocycles. The number of amides is 4. The van der Waals surface area contributed by atoms with Gasteiger partial charge in [0.15, 0.2) is 0 Å². The van der Waals surface area contributed by atoms with Gasteiger partial charge in [-0.15, -0.1) is 0 Å². The number of hydrogen-bond donors (Lipinski definition) is 3. The molecule has 2 saturated heterocycles. The second-order valence-corrected chi connectivity index (χ2v) is 21.4. The Kier molecular flexibility index (Phi) is 15.0. The van der Waals surface area contributed by atoms with Crippen LogP contribution in [-0.2, 0) is 35.3 Å². The first-order chi connectivity index (χ1) is 34.6. The zero-order chi connectivity index (χ0) is 52.6. The number of nitrogens with one attached hydrogen (secondary N) is 2. The summed E-state index contributed by atoms with van der Waals surface area (Å²) >= 11 is 0. The lowest BCUT2D eigenvalue weighted by atomic mass is 9.49. The molecule has 1 saturated carbocycles. The number of fused-ring (bicyclic) bond motifs is 1. The molecule has 3 N–H and O–H groups in total. The first-order valence-electron chi connectivity index (χ1n) is 24.9. The Balaban J connectivity index is 0.795. The number of rotatable bonds is 15. The van der Waals surface area contributed by atoms with Gasteiger partial charge in [0, 0.05) is 85.9 Å². The summed E-state index contributed by atoms with van der Waals surface area (Å²) in [6, 6.07) is 25.2. The second kappa shape index (κ2) is 20.9. The van der Waals surface area contributed by atoms with E-state index >= 15 is 0 Å². The van der Waals surface area contributed by atoms with Gasteiger partial charge in [-0.25, -0.2) is 0 Å². The fraction of sp³-hybridized carbons (Fsp3) is 0.464. The Morgan fingerprint density at radius 1 is 0.877 bits per heavy atom. The molecule has 0 bridgehead atoms. The van der Waals surface area contributed by atoms with Crippen molar-refractivity contribution in [2.45, 2.75) is 110 Å². The van der Waals surface area contributed by atoms with Gasteiger partial charge >= 0.3 is 6.18 Å². The predicted octanol–water partition coefficient (Wildman–Crippen LogP) is 7.07. The first kappa shape index (κ1) is 52.4. The van der Waals surface area contributed by atoms with Crippen molar-refractivity contribution in [2.75, 3.05) is 44.2 Å². The van der Waals surface area contributed by atoms with Gasteiger partial charge in [0.25, 0.3) is 11.8 Å². The average Bonchev–Trinajstić information content (AvgIpc) is 3.92. The lowest BCUT2D eigenvalue weighted by Crippen LogP contribution is -2.74. The Labute approximate surface area is 424 Å². The molecule has 4 aromatic rings. The largest absolute Gasteiger partial charge is 0.489 e. The van der Waals surface area contributed by atoms with Crippen LogP contribution in [0.2, 0.25) is 0 Å². The second-order valence-electron chi connectivity index (χ2n) is 21.4. The highest BCUT2D eigenvalue weighted by atomic mass is 19.4. The number of carbonyl (C=O) groups is 4. The summed E-state index contributed by atoms with van der Waals surface area (Å²) in [5.41, 5.74) is 2.47. The van der Waals surface area contributed by atoms with E-state index in [0.717, 1.165) is 80.1 Å². The van der Waals surface area contributed by atoms with E-state index in [4.69, 9.17) is 10.00 Å². The van der Waals surface area contributed by atoms with Crippen molar-refractivity contribution in [3.05, 3.63) is 129 Å². The van der Waals surface area contributed by atoms with E-state index in [2.05, 4.69) is 26.5 Å². The molecule has 0 aromatic heterocycles. The van der Waals surface area contributed by atoms with E-state index < -0.39 is 58.3 Å². The number of β-amino-alcohol motifs (C(OH)–C–C–N with tert-alkyl or cyclic N) is 1. The number of piperazine rings is 1. The Morgan fingerprint density at radius 3 is 2.18 bits per heavy atom. The van der Waals surface area contributed by atoms with Crippen LogP contribution in [0.4, 0.5) is 18.9 Å². The number of ether oxygens (including phenoxy) is 1. The van der Waals surface area contributed by atoms with Crippen LogP contribution in [0.15, 0.2) is 84.9 Å². The van der Waals surface area contributed by atoms with Crippen LogP contribution in [-0.4, -0.2) is 113 Å². The minimum Gasteiger partial charge on any atom is -0.489 e. The molecule has 0 spiro atoms. The molecule has 14 nitrogen and oxygen atoms in total.